The zero-order valence-corrected chi connectivity index (χ0v) is 9.78. The molecule has 0 radical (unpaired) electrons. The van der Waals surface area contributed by atoms with Gasteiger partial charge in [0.2, 0.25) is 0 Å². The third-order valence-electron chi connectivity index (χ3n) is 3.87. The highest BCUT2D eigenvalue weighted by Crippen LogP contribution is 2.38. The van der Waals surface area contributed by atoms with Crippen molar-refractivity contribution in [2.75, 3.05) is 18.0 Å². The minimum atomic E-state index is 0.121. The van der Waals surface area contributed by atoms with Gasteiger partial charge in [-0.15, -0.1) is 0 Å². The Morgan fingerprint density at radius 1 is 1.12 bits per heavy atom. The van der Waals surface area contributed by atoms with Gasteiger partial charge in [0, 0.05) is 24.3 Å². The van der Waals surface area contributed by atoms with Crippen molar-refractivity contribution >= 4 is 5.69 Å². The van der Waals surface area contributed by atoms with Crippen LogP contribution in [0.25, 0.3) is 0 Å². The lowest BCUT2D eigenvalue weighted by Gasteiger charge is -2.22. The first-order chi connectivity index (χ1) is 7.77. The summed E-state index contributed by atoms with van der Waals surface area (Å²) in [6.07, 6.45) is 6.12. The molecule has 2 nitrogen and oxygen atoms in total. The van der Waals surface area contributed by atoms with Crippen LogP contribution in [0, 0.1) is 0 Å². The lowest BCUT2D eigenvalue weighted by Crippen LogP contribution is -2.27. The van der Waals surface area contributed by atoms with Crippen molar-refractivity contribution in [1.82, 2.24) is 0 Å². The molecule has 1 aliphatic carbocycles. The van der Waals surface area contributed by atoms with Crippen LogP contribution in [0.2, 0.25) is 0 Å². The Morgan fingerprint density at radius 3 is 2.50 bits per heavy atom. The van der Waals surface area contributed by atoms with E-state index in [2.05, 4.69) is 29.2 Å². The third kappa shape index (κ3) is 1.94. The number of rotatable bonds is 3. The highest BCUT2D eigenvalue weighted by molar-refractivity contribution is 5.55. The first kappa shape index (κ1) is 10.2. The second kappa shape index (κ2) is 3.77. The van der Waals surface area contributed by atoms with Crippen molar-refractivity contribution in [2.45, 2.75) is 37.6 Å². The number of benzene rings is 1. The number of nitrogens with two attached hydrogens (primary N) is 1. The molecule has 0 aromatic heterocycles. The predicted octanol–water partition coefficient (Wildman–Crippen LogP) is 2.32. The van der Waals surface area contributed by atoms with Gasteiger partial charge >= 0.3 is 0 Å². The molecular formula is C14H20N2. The van der Waals surface area contributed by atoms with Crippen molar-refractivity contribution in [1.29, 1.82) is 0 Å². The van der Waals surface area contributed by atoms with Gasteiger partial charge in [0.15, 0.2) is 0 Å². The zero-order chi connectivity index (χ0) is 11.0. The maximum absolute atomic E-state index is 6.23. The lowest BCUT2D eigenvalue weighted by atomic mass is 10.0. The van der Waals surface area contributed by atoms with E-state index in [0.29, 0.717) is 0 Å². The van der Waals surface area contributed by atoms with E-state index in [1.54, 1.807) is 0 Å². The van der Waals surface area contributed by atoms with E-state index in [9.17, 15) is 0 Å². The van der Waals surface area contributed by atoms with Crippen LogP contribution in [0.1, 0.15) is 31.2 Å². The van der Waals surface area contributed by atoms with Crippen LogP contribution in [0.5, 0.6) is 0 Å². The molecule has 2 aliphatic rings. The molecule has 1 aromatic carbocycles. The van der Waals surface area contributed by atoms with Gasteiger partial charge in [0.05, 0.1) is 0 Å². The number of anilines is 1. The van der Waals surface area contributed by atoms with E-state index < -0.39 is 0 Å². The van der Waals surface area contributed by atoms with Crippen molar-refractivity contribution < 1.29 is 0 Å². The van der Waals surface area contributed by atoms with E-state index in [1.807, 2.05) is 0 Å². The fraction of sp³-hybridized carbons (Fsp3) is 0.571. The molecule has 3 rings (SSSR count). The van der Waals surface area contributed by atoms with Gasteiger partial charge in [0.1, 0.15) is 0 Å². The topological polar surface area (TPSA) is 29.3 Å². The number of nitrogens with zero attached hydrogens (tertiary/aromatic N) is 1. The molecule has 1 aromatic rings. The van der Waals surface area contributed by atoms with Crippen molar-refractivity contribution in [3.05, 3.63) is 29.8 Å². The summed E-state index contributed by atoms with van der Waals surface area (Å²) in [5.41, 5.74) is 9.22. The van der Waals surface area contributed by atoms with Crippen LogP contribution < -0.4 is 10.6 Å². The van der Waals surface area contributed by atoms with E-state index in [1.165, 1.54) is 50.0 Å². The van der Waals surface area contributed by atoms with E-state index in [4.69, 9.17) is 5.73 Å². The van der Waals surface area contributed by atoms with Crippen LogP contribution in [0.15, 0.2) is 24.3 Å². The van der Waals surface area contributed by atoms with Gasteiger partial charge in [-0.3, -0.25) is 0 Å². The number of para-hydroxylation sites is 1. The Kier molecular flexibility index (Phi) is 2.40. The molecule has 0 bridgehead atoms. The van der Waals surface area contributed by atoms with Gasteiger partial charge in [-0.2, -0.15) is 0 Å². The first-order valence-electron chi connectivity index (χ1n) is 6.39. The summed E-state index contributed by atoms with van der Waals surface area (Å²) in [5.74, 6) is 0. The maximum Gasteiger partial charge on any atom is 0.0399 e. The molecule has 0 atom stereocenters. The maximum atomic E-state index is 6.23. The first-order valence-corrected chi connectivity index (χ1v) is 6.39. The second-order valence-electron chi connectivity index (χ2n) is 5.36. The quantitative estimate of drug-likeness (QED) is 0.840. The Hall–Kier alpha value is -1.02. The Bertz CT molecular complexity index is 376. The average Bonchev–Trinajstić information content (AvgIpc) is 2.83. The van der Waals surface area contributed by atoms with E-state index in [-0.39, 0.29) is 5.54 Å². The van der Waals surface area contributed by atoms with Crippen molar-refractivity contribution in [2.24, 2.45) is 5.73 Å². The largest absolute Gasteiger partial charge is 0.371 e. The molecule has 2 N–H and O–H groups in total. The van der Waals surface area contributed by atoms with Gasteiger partial charge in [-0.1, -0.05) is 18.2 Å². The summed E-state index contributed by atoms with van der Waals surface area (Å²) >= 11 is 0. The van der Waals surface area contributed by atoms with Crippen LogP contribution in [-0.2, 0) is 6.42 Å². The summed E-state index contributed by atoms with van der Waals surface area (Å²) in [5, 5.41) is 0. The van der Waals surface area contributed by atoms with Crippen LogP contribution >= 0.6 is 0 Å². The minimum Gasteiger partial charge on any atom is -0.371 e. The Morgan fingerprint density at radius 2 is 1.81 bits per heavy atom. The van der Waals surface area contributed by atoms with Crippen molar-refractivity contribution in [3.63, 3.8) is 0 Å². The molecule has 2 fully saturated rings. The van der Waals surface area contributed by atoms with Gasteiger partial charge in [0.25, 0.3) is 0 Å². The summed E-state index contributed by atoms with van der Waals surface area (Å²) in [7, 11) is 0. The Balaban J connectivity index is 1.85. The summed E-state index contributed by atoms with van der Waals surface area (Å²) < 4.78 is 0. The molecule has 0 spiro atoms. The minimum absolute atomic E-state index is 0.121. The molecule has 16 heavy (non-hydrogen) atoms. The fourth-order valence-corrected chi connectivity index (χ4v) is 2.64. The van der Waals surface area contributed by atoms with Crippen LogP contribution in [0.3, 0.4) is 0 Å². The number of hydrogen-bond donors (Lipinski definition) is 1. The molecule has 2 heteroatoms. The molecule has 1 heterocycles. The zero-order valence-electron chi connectivity index (χ0n) is 9.78. The van der Waals surface area contributed by atoms with Crippen LogP contribution in [-0.4, -0.2) is 18.6 Å². The van der Waals surface area contributed by atoms with Crippen LogP contribution in [0.4, 0.5) is 5.69 Å². The molecule has 1 saturated heterocycles. The molecule has 0 amide bonds. The SMILES string of the molecule is NC1(Cc2ccccc2N2CCCC2)CC1. The average molecular weight is 216 g/mol. The predicted molar refractivity (Wildman–Crippen MR) is 67.7 cm³/mol. The smallest absolute Gasteiger partial charge is 0.0399 e. The van der Waals surface area contributed by atoms with Gasteiger partial charge < -0.3 is 10.6 Å². The summed E-state index contributed by atoms with van der Waals surface area (Å²) in [6.45, 7) is 2.43. The van der Waals surface area contributed by atoms with E-state index >= 15 is 0 Å². The monoisotopic (exact) mass is 216 g/mol. The second-order valence-corrected chi connectivity index (χ2v) is 5.36. The highest BCUT2D eigenvalue weighted by Gasteiger charge is 2.38. The van der Waals surface area contributed by atoms with E-state index in [0.717, 1.165) is 6.42 Å². The Labute approximate surface area is 97.4 Å². The summed E-state index contributed by atoms with van der Waals surface area (Å²) in [6, 6.07) is 8.79. The lowest BCUT2D eigenvalue weighted by molar-refractivity contribution is 0.670. The molecule has 86 valence electrons. The third-order valence-corrected chi connectivity index (χ3v) is 3.87. The summed E-state index contributed by atoms with van der Waals surface area (Å²) in [4.78, 5) is 2.51. The number of hydrogen-bond acceptors (Lipinski definition) is 2. The molecule has 1 saturated carbocycles. The van der Waals surface area contributed by atoms with Gasteiger partial charge in [-0.05, 0) is 43.7 Å². The molecule has 1 aliphatic heterocycles. The molecular weight excluding hydrogens is 196 g/mol. The standard InChI is InChI=1S/C14H20N2/c15-14(7-8-14)11-12-5-1-2-6-13(12)16-9-3-4-10-16/h1-2,5-6H,3-4,7-11,15H2. The van der Waals surface area contributed by atoms with Crippen molar-refractivity contribution in [3.8, 4) is 0 Å². The normalized spacial score (nSPS) is 22.4. The van der Waals surface area contributed by atoms with Gasteiger partial charge in [-0.25, -0.2) is 0 Å². The molecule has 0 unspecified atom stereocenters. The fourth-order valence-electron chi connectivity index (χ4n) is 2.64. The highest BCUT2D eigenvalue weighted by atomic mass is 15.1.